The predicted octanol–water partition coefficient (Wildman–Crippen LogP) is 2.69. The number of carbonyl (C=O) groups excluding carboxylic acids is 1. The second-order valence-corrected chi connectivity index (χ2v) is 8.85. The van der Waals surface area contributed by atoms with E-state index in [2.05, 4.69) is 0 Å². The number of non-ortho nitro benzene ring substituents is 1. The van der Waals surface area contributed by atoms with Crippen LogP contribution in [0.2, 0.25) is 0 Å². The van der Waals surface area contributed by atoms with E-state index in [9.17, 15) is 36.5 Å². The van der Waals surface area contributed by atoms with Crippen molar-refractivity contribution in [2.24, 2.45) is 0 Å². The van der Waals surface area contributed by atoms with Gasteiger partial charge in [0.2, 0.25) is 15.9 Å². The Labute approximate surface area is 176 Å². The highest BCUT2D eigenvalue weighted by atomic mass is 32.2. The van der Waals surface area contributed by atoms with E-state index in [0.29, 0.717) is 5.56 Å². The number of halogens is 3. The quantitative estimate of drug-likeness (QED) is 0.508. The second kappa shape index (κ2) is 8.63. The molecule has 2 aromatic carbocycles. The average Bonchev–Trinajstić information content (AvgIpc) is 2.73. The number of benzene rings is 2. The fraction of sp³-hybridized carbons (Fsp3) is 0.316. The molecule has 166 valence electrons. The molecule has 8 nitrogen and oxygen atoms in total. The van der Waals surface area contributed by atoms with Crippen LogP contribution in [0.25, 0.3) is 0 Å². The van der Waals surface area contributed by atoms with Crippen molar-refractivity contribution in [3.05, 3.63) is 69.8 Å². The van der Waals surface area contributed by atoms with Crippen LogP contribution in [0.4, 0.5) is 18.9 Å². The molecule has 1 amide bonds. The summed E-state index contributed by atoms with van der Waals surface area (Å²) in [6, 6.07) is 8.86. The summed E-state index contributed by atoms with van der Waals surface area (Å²) in [7, 11) is -3.87. The first-order valence-electron chi connectivity index (χ1n) is 9.17. The summed E-state index contributed by atoms with van der Waals surface area (Å²) < 4.78 is 64.5. The lowest BCUT2D eigenvalue weighted by Gasteiger charge is -2.34. The van der Waals surface area contributed by atoms with Gasteiger partial charge in [-0.05, 0) is 29.8 Å². The maximum absolute atomic E-state index is 12.7. The van der Waals surface area contributed by atoms with Gasteiger partial charge in [0.05, 0.1) is 21.8 Å². The van der Waals surface area contributed by atoms with E-state index in [1.54, 1.807) is 0 Å². The van der Waals surface area contributed by atoms with Crippen LogP contribution in [0.15, 0.2) is 53.4 Å². The van der Waals surface area contributed by atoms with Crippen LogP contribution in [0, 0.1) is 10.1 Å². The molecule has 1 fully saturated rings. The number of amides is 1. The number of nitrogens with zero attached hydrogens (tertiary/aromatic N) is 3. The minimum atomic E-state index is -4.45. The lowest BCUT2D eigenvalue weighted by atomic mass is 10.1. The van der Waals surface area contributed by atoms with Crippen LogP contribution >= 0.6 is 0 Å². The van der Waals surface area contributed by atoms with Crippen molar-refractivity contribution in [2.45, 2.75) is 17.5 Å². The van der Waals surface area contributed by atoms with Crippen molar-refractivity contribution in [1.82, 2.24) is 9.21 Å². The molecule has 1 heterocycles. The first-order chi connectivity index (χ1) is 14.5. The maximum Gasteiger partial charge on any atom is 0.416 e. The Hall–Kier alpha value is -2.99. The lowest BCUT2D eigenvalue weighted by molar-refractivity contribution is -0.384. The average molecular weight is 457 g/mol. The number of hydrogen-bond acceptors (Lipinski definition) is 5. The molecule has 1 saturated heterocycles. The number of nitro benzene ring substituents is 1. The Kier molecular flexibility index (Phi) is 6.32. The number of nitro groups is 1. The van der Waals surface area contributed by atoms with Gasteiger partial charge in [-0.15, -0.1) is 0 Å². The minimum Gasteiger partial charge on any atom is -0.340 e. The zero-order valence-corrected chi connectivity index (χ0v) is 16.9. The van der Waals surface area contributed by atoms with Crippen LogP contribution in [0.5, 0.6) is 0 Å². The van der Waals surface area contributed by atoms with Crippen molar-refractivity contribution in [3.8, 4) is 0 Å². The van der Waals surface area contributed by atoms with E-state index in [4.69, 9.17) is 0 Å². The number of hydrogen-bond donors (Lipinski definition) is 0. The summed E-state index contributed by atoms with van der Waals surface area (Å²) in [4.78, 5) is 23.9. The molecule has 0 saturated carbocycles. The summed E-state index contributed by atoms with van der Waals surface area (Å²) in [5.74, 6) is -0.313. The maximum atomic E-state index is 12.7. The van der Waals surface area contributed by atoms with Crippen LogP contribution in [0.3, 0.4) is 0 Å². The van der Waals surface area contributed by atoms with E-state index in [-0.39, 0.29) is 49.1 Å². The van der Waals surface area contributed by atoms with Gasteiger partial charge in [0.15, 0.2) is 0 Å². The molecule has 0 bridgehead atoms. The standard InChI is InChI=1S/C19H18F3N3O5S/c20-19(21,22)15-3-1-14(2-4-15)13-18(26)23-9-11-24(12-10-23)31(29,30)17-7-5-16(6-8-17)25(27)28/h1-8H,9-13H2. The van der Waals surface area contributed by atoms with Gasteiger partial charge in [0.1, 0.15) is 0 Å². The summed E-state index contributed by atoms with van der Waals surface area (Å²) in [6.45, 7) is 0.341. The monoisotopic (exact) mass is 457 g/mol. The molecule has 0 N–H and O–H groups in total. The summed E-state index contributed by atoms with van der Waals surface area (Å²) >= 11 is 0. The number of rotatable bonds is 5. The zero-order chi connectivity index (χ0) is 22.8. The first kappa shape index (κ1) is 22.7. The SMILES string of the molecule is O=C(Cc1ccc(C(F)(F)F)cc1)N1CCN(S(=O)(=O)c2ccc([N+](=O)[O-])cc2)CC1. The number of piperazine rings is 1. The largest absolute Gasteiger partial charge is 0.416 e. The molecule has 0 atom stereocenters. The van der Waals surface area contributed by atoms with Crippen LogP contribution < -0.4 is 0 Å². The van der Waals surface area contributed by atoms with Gasteiger partial charge in [-0.1, -0.05) is 12.1 Å². The van der Waals surface area contributed by atoms with Crippen molar-refractivity contribution in [2.75, 3.05) is 26.2 Å². The normalized spacial score (nSPS) is 15.6. The third-order valence-corrected chi connectivity index (χ3v) is 6.83. The van der Waals surface area contributed by atoms with Crippen LogP contribution in [-0.2, 0) is 27.4 Å². The van der Waals surface area contributed by atoms with Crippen LogP contribution in [-0.4, -0.2) is 54.6 Å². The predicted molar refractivity (Wildman–Crippen MR) is 104 cm³/mol. The lowest BCUT2D eigenvalue weighted by Crippen LogP contribution is -2.50. The molecule has 0 radical (unpaired) electrons. The van der Waals surface area contributed by atoms with Crippen molar-refractivity contribution in [3.63, 3.8) is 0 Å². The van der Waals surface area contributed by atoms with Crippen molar-refractivity contribution in [1.29, 1.82) is 0 Å². The first-order valence-corrected chi connectivity index (χ1v) is 10.6. The minimum absolute atomic E-state index is 0.0398. The summed E-state index contributed by atoms with van der Waals surface area (Å²) in [6.07, 6.45) is -4.54. The zero-order valence-electron chi connectivity index (χ0n) is 16.1. The summed E-state index contributed by atoms with van der Waals surface area (Å²) in [5.41, 5.74) is -0.592. The van der Waals surface area contributed by atoms with E-state index >= 15 is 0 Å². The molecule has 2 aromatic rings. The molecule has 31 heavy (non-hydrogen) atoms. The summed E-state index contributed by atoms with van der Waals surface area (Å²) in [5, 5.41) is 10.7. The Morgan fingerprint density at radius 2 is 1.52 bits per heavy atom. The molecule has 0 unspecified atom stereocenters. The Bertz CT molecular complexity index is 1060. The molecule has 3 rings (SSSR count). The van der Waals surface area contributed by atoms with Gasteiger partial charge in [-0.25, -0.2) is 8.42 Å². The highest BCUT2D eigenvalue weighted by Crippen LogP contribution is 2.29. The number of alkyl halides is 3. The molecule has 0 aliphatic carbocycles. The molecular formula is C19H18F3N3O5S. The Morgan fingerprint density at radius 1 is 0.968 bits per heavy atom. The fourth-order valence-corrected chi connectivity index (χ4v) is 4.59. The van der Waals surface area contributed by atoms with Gasteiger partial charge in [-0.2, -0.15) is 17.5 Å². The molecule has 1 aliphatic heterocycles. The second-order valence-electron chi connectivity index (χ2n) is 6.91. The van der Waals surface area contributed by atoms with Crippen LogP contribution in [0.1, 0.15) is 11.1 Å². The third-order valence-electron chi connectivity index (χ3n) is 4.91. The van der Waals surface area contributed by atoms with Gasteiger partial charge >= 0.3 is 6.18 Å². The molecule has 1 aliphatic rings. The Morgan fingerprint density at radius 3 is 2.00 bits per heavy atom. The van der Waals surface area contributed by atoms with Crippen molar-refractivity contribution < 1.29 is 31.3 Å². The molecular weight excluding hydrogens is 439 g/mol. The van der Waals surface area contributed by atoms with E-state index < -0.39 is 26.7 Å². The molecule has 0 aromatic heterocycles. The molecule has 0 spiro atoms. The topological polar surface area (TPSA) is 101 Å². The van der Waals surface area contributed by atoms with Crippen molar-refractivity contribution >= 4 is 21.6 Å². The highest BCUT2D eigenvalue weighted by Gasteiger charge is 2.31. The third kappa shape index (κ3) is 5.20. The number of carbonyl (C=O) groups is 1. The Balaban J connectivity index is 1.59. The smallest absolute Gasteiger partial charge is 0.340 e. The van der Waals surface area contributed by atoms with Gasteiger partial charge in [0.25, 0.3) is 5.69 Å². The molecule has 12 heteroatoms. The van der Waals surface area contributed by atoms with E-state index in [1.807, 2.05) is 0 Å². The van der Waals surface area contributed by atoms with Gasteiger partial charge in [-0.3, -0.25) is 14.9 Å². The number of sulfonamides is 1. The van der Waals surface area contributed by atoms with E-state index in [1.165, 1.54) is 21.3 Å². The van der Waals surface area contributed by atoms with E-state index in [0.717, 1.165) is 36.4 Å². The van der Waals surface area contributed by atoms with Gasteiger partial charge < -0.3 is 4.90 Å². The fourth-order valence-electron chi connectivity index (χ4n) is 3.16. The van der Waals surface area contributed by atoms with Gasteiger partial charge in [0, 0.05) is 38.3 Å². The highest BCUT2D eigenvalue weighted by molar-refractivity contribution is 7.89.